The van der Waals surface area contributed by atoms with Gasteiger partial charge in [0, 0.05) is 10.5 Å². The SMILES string of the molecule is O=C(O)c1ccc2c(c1)C(Sc1ccccc1)c1ccccc1CO2. The van der Waals surface area contributed by atoms with Crippen molar-refractivity contribution in [3.05, 3.63) is 95.1 Å². The molecule has 3 aromatic carbocycles. The second-order valence-corrected chi connectivity index (χ2v) is 7.03. The number of thioether (sulfide) groups is 1. The van der Waals surface area contributed by atoms with E-state index in [1.165, 1.54) is 0 Å². The Morgan fingerprint density at radius 3 is 2.52 bits per heavy atom. The Hall–Kier alpha value is -2.72. The fraction of sp³-hybridized carbons (Fsp3) is 0.0952. The lowest BCUT2D eigenvalue weighted by Gasteiger charge is -2.19. The van der Waals surface area contributed by atoms with Crippen molar-refractivity contribution in [2.45, 2.75) is 16.8 Å². The predicted octanol–water partition coefficient (Wildman–Crippen LogP) is 5.16. The van der Waals surface area contributed by atoms with Gasteiger partial charge in [0.2, 0.25) is 0 Å². The molecule has 0 saturated heterocycles. The van der Waals surface area contributed by atoms with Gasteiger partial charge in [0.1, 0.15) is 12.4 Å². The number of carbonyl (C=O) groups is 1. The van der Waals surface area contributed by atoms with Crippen molar-refractivity contribution in [3.63, 3.8) is 0 Å². The van der Waals surface area contributed by atoms with E-state index in [1.807, 2.05) is 30.3 Å². The number of carboxylic acid groups (broad SMARTS) is 1. The topological polar surface area (TPSA) is 46.5 Å². The smallest absolute Gasteiger partial charge is 0.335 e. The van der Waals surface area contributed by atoms with Crippen molar-refractivity contribution in [3.8, 4) is 5.75 Å². The van der Waals surface area contributed by atoms with Crippen LogP contribution < -0.4 is 4.74 Å². The quantitative estimate of drug-likeness (QED) is 0.710. The summed E-state index contributed by atoms with van der Waals surface area (Å²) in [5.74, 6) is -0.182. The number of benzene rings is 3. The molecule has 0 spiro atoms. The zero-order valence-corrected chi connectivity index (χ0v) is 14.2. The van der Waals surface area contributed by atoms with Gasteiger partial charge in [0.25, 0.3) is 0 Å². The molecule has 0 amide bonds. The van der Waals surface area contributed by atoms with E-state index in [9.17, 15) is 9.90 Å². The van der Waals surface area contributed by atoms with E-state index in [1.54, 1.807) is 30.0 Å². The molecule has 124 valence electrons. The van der Waals surface area contributed by atoms with Gasteiger partial charge in [-0.15, -0.1) is 11.8 Å². The molecule has 0 bridgehead atoms. The molecule has 0 saturated carbocycles. The van der Waals surface area contributed by atoms with Gasteiger partial charge in [-0.3, -0.25) is 0 Å². The molecule has 25 heavy (non-hydrogen) atoms. The van der Waals surface area contributed by atoms with E-state index >= 15 is 0 Å². The number of hydrogen-bond donors (Lipinski definition) is 1. The van der Waals surface area contributed by atoms with Crippen molar-refractivity contribution < 1.29 is 14.6 Å². The van der Waals surface area contributed by atoms with Gasteiger partial charge < -0.3 is 9.84 Å². The summed E-state index contributed by atoms with van der Waals surface area (Å²) < 4.78 is 5.97. The second-order valence-electron chi connectivity index (χ2n) is 5.86. The largest absolute Gasteiger partial charge is 0.489 e. The highest BCUT2D eigenvalue weighted by atomic mass is 32.2. The number of hydrogen-bond acceptors (Lipinski definition) is 3. The Morgan fingerprint density at radius 2 is 1.72 bits per heavy atom. The van der Waals surface area contributed by atoms with Crippen LogP contribution in [0.1, 0.15) is 32.3 Å². The summed E-state index contributed by atoms with van der Waals surface area (Å²) in [6, 6.07) is 23.4. The summed E-state index contributed by atoms with van der Waals surface area (Å²) in [6.07, 6.45) is 0. The molecule has 4 heteroatoms. The zero-order chi connectivity index (χ0) is 17.2. The van der Waals surface area contributed by atoms with E-state index < -0.39 is 5.97 Å². The minimum atomic E-state index is -0.927. The first-order valence-corrected chi connectivity index (χ1v) is 8.90. The lowest BCUT2D eigenvalue weighted by molar-refractivity contribution is 0.0696. The molecule has 0 aromatic heterocycles. The molecule has 0 fully saturated rings. The molecule has 1 aliphatic rings. The highest BCUT2D eigenvalue weighted by Gasteiger charge is 2.26. The molecule has 3 aromatic rings. The summed E-state index contributed by atoms with van der Waals surface area (Å²) in [4.78, 5) is 12.6. The molecule has 4 rings (SSSR count). The third-order valence-electron chi connectivity index (χ3n) is 4.26. The van der Waals surface area contributed by atoms with E-state index in [0.29, 0.717) is 6.61 Å². The predicted molar refractivity (Wildman–Crippen MR) is 98.3 cm³/mol. The maximum absolute atomic E-state index is 11.4. The summed E-state index contributed by atoms with van der Waals surface area (Å²) >= 11 is 1.71. The van der Waals surface area contributed by atoms with Crippen molar-refractivity contribution >= 4 is 17.7 Å². The van der Waals surface area contributed by atoms with Crippen LogP contribution in [0.2, 0.25) is 0 Å². The standard InChI is InChI=1S/C21H16O3S/c22-21(23)14-10-11-19-18(12-14)20(25-16-7-2-1-3-8-16)17-9-5-4-6-15(17)13-24-19/h1-12,20H,13H2,(H,22,23). The normalized spacial score (nSPS) is 15.4. The molecular formula is C21H16O3S. The van der Waals surface area contributed by atoms with Crippen LogP contribution in [0.5, 0.6) is 5.75 Å². The average molecular weight is 348 g/mol. The molecule has 3 nitrogen and oxygen atoms in total. The third-order valence-corrected chi connectivity index (χ3v) is 5.54. The maximum Gasteiger partial charge on any atom is 0.335 e. The van der Waals surface area contributed by atoms with Crippen LogP contribution in [0.25, 0.3) is 0 Å². The summed E-state index contributed by atoms with van der Waals surface area (Å²) in [6.45, 7) is 0.488. The van der Waals surface area contributed by atoms with E-state index in [-0.39, 0.29) is 10.8 Å². The minimum absolute atomic E-state index is 0.0181. The molecule has 0 aliphatic carbocycles. The fourth-order valence-electron chi connectivity index (χ4n) is 3.02. The first-order chi connectivity index (χ1) is 12.2. The molecule has 1 N–H and O–H groups in total. The average Bonchev–Trinajstić information content (AvgIpc) is 2.80. The van der Waals surface area contributed by atoms with Crippen LogP contribution >= 0.6 is 11.8 Å². The highest BCUT2D eigenvalue weighted by molar-refractivity contribution is 7.99. The third kappa shape index (κ3) is 3.13. The van der Waals surface area contributed by atoms with Gasteiger partial charge in [-0.2, -0.15) is 0 Å². The van der Waals surface area contributed by atoms with Crippen LogP contribution in [0.15, 0.2) is 77.7 Å². The number of rotatable bonds is 3. The van der Waals surface area contributed by atoms with Gasteiger partial charge in [-0.05, 0) is 41.5 Å². The second kappa shape index (κ2) is 6.65. The minimum Gasteiger partial charge on any atom is -0.489 e. The molecule has 0 radical (unpaired) electrons. The lowest BCUT2D eigenvalue weighted by Crippen LogP contribution is -2.02. The Kier molecular flexibility index (Phi) is 4.20. The molecule has 1 unspecified atom stereocenters. The van der Waals surface area contributed by atoms with Gasteiger partial charge in [0.05, 0.1) is 10.8 Å². The monoisotopic (exact) mass is 348 g/mol. The first kappa shape index (κ1) is 15.8. The fourth-order valence-corrected chi connectivity index (χ4v) is 4.28. The van der Waals surface area contributed by atoms with Crippen LogP contribution in [0.3, 0.4) is 0 Å². The number of fused-ring (bicyclic) bond motifs is 2. The van der Waals surface area contributed by atoms with Crippen molar-refractivity contribution in [2.24, 2.45) is 0 Å². The van der Waals surface area contributed by atoms with Gasteiger partial charge in [0.15, 0.2) is 0 Å². The van der Waals surface area contributed by atoms with Crippen molar-refractivity contribution in [2.75, 3.05) is 0 Å². The van der Waals surface area contributed by atoms with Crippen LogP contribution in [-0.2, 0) is 6.61 Å². The van der Waals surface area contributed by atoms with Gasteiger partial charge in [-0.1, -0.05) is 42.5 Å². The number of aromatic carboxylic acids is 1. The summed E-state index contributed by atoms with van der Waals surface area (Å²) in [5.41, 5.74) is 3.47. The maximum atomic E-state index is 11.4. The molecule has 1 atom stereocenters. The van der Waals surface area contributed by atoms with Gasteiger partial charge >= 0.3 is 5.97 Å². The number of ether oxygens (including phenoxy) is 1. The van der Waals surface area contributed by atoms with Gasteiger partial charge in [-0.25, -0.2) is 4.79 Å². The zero-order valence-electron chi connectivity index (χ0n) is 13.4. The van der Waals surface area contributed by atoms with E-state index in [4.69, 9.17) is 4.74 Å². The Balaban J connectivity index is 1.87. The van der Waals surface area contributed by atoms with Crippen LogP contribution in [0.4, 0.5) is 0 Å². The Bertz CT molecular complexity index is 921. The highest BCUT2D eigenvalue weighted by Crippen LogP contribution is 2.47. The molecular weight excluding hydrogens is 332 g/mol. The molecule has 1 aliphatic heterocycles. The Labute approximate surface area is 150 Å². The first-order valence-electron chi connectivity index (χ1n) is 8.02. The van der Waals surface area contributed by atoms with Crippen LogP contribution in [-0.4, -0.2) is 11.1 Å². The van der Waals surface area contributed by atoms with E-state index in [2.05, 4.69) is 24.3 Å². The van der Waals surface area contributed by atoms with Crippen molar-refractivity contribution in [1.82, 2.24) is 0 Å². The van der Waals surface area contributed by atoms with Crippen LogP contribution in [0, 0.1) is 0 Å². The lowest BCUT2D eigenvalue weighted by atomic mass is 9.98. The van der Waals surface area contributed by atoms with E-state index in [0.717, 1.165) is 27.3 Å². The summed E-state index contributed by atoms with van der Waals surface area (Å²) in [7, 11) is 0. The number of carboxylic acids is 1. The molecule has 1 heterocycles. The summed E-state index contributed by atoms with van der Waals surface area (Å²) in [5, 5.41) is 9.36. The Morgan fingerprint density at radius 1 is 0.960 bits per heavy atom. The van der Waals surface area contributed by atoms with Crippen molar-refractivity contribution in [1.29, 1.82) is 0 Å².